The van der Waals surface area contributed by atoms with E-state index >= 15 is 0 Å². The highest BCUT2D eigenvalue weighted by Crippen LogP contribution is 2.18. The molecule has 0 spiro atoms. The maximum atomic E-state index is 4.26. The standard InChI is InChI=1S/C16H25N5/c1-4-13(2)21(3)11-10-17-12-15-16(19-20-18-15)14-8-6-5-7-9-14/h5-9,13,17H,4,10-12H2,1-3H3,(H,18,19,20). The molecule has 1 unspecified atom stereocenters. The summed E-state index contributed by atoms with van der Waals surface area (Å²) in [7, 11) is 2.17. The van der Waals surface area contributed by atoms with Gasteiger partial charge in [-0.1, -0.05) is 37.3 Å². The SMILES string of the molecule is CCC(C)N(C)CCNCc1n[nH]nc1-c1ccccc1. The zero-order valence-corrected chi connectivity index (χ0v) is 13.1. The van der Waals surface area contributed by atoms with Gasteiger partial charge in [0.25, 0.3) is 0 Å². The number of H-pyrrole nitrogens is 1. The van der Waals surface area contributed by atoms with E-state index in [2.05, 4.69) is 58.7 Å². The zero-order valence-electron chi connectivity index (χ0n) is 13.1. The van der Waals surface area contributed by atoms with Crippen LogP contribution in [0.3, 0.4) is 0 Å². The van der Waals surface area contributed by atoms with Crippen LogP contribution in [0.2, 0.25) is 0 Å². The Kier molecular flexibility index (Phi) is 5.90. The molecule has 5 heteroatoms. The maximum Gasteiger partial charge on any atom is 0.117 e. The van der Waals surface area contributed by atoms with E-state index in [9.17, 15) is 0 Å². The third kappa shape index (κ3) is 4.37. The summed E-state index contributed by atoms with van der Waals surface area (Å²) in [6.07, 6.45) is 1.18. The monoisotopic (exact) mass is 287 g/mol. The van der Waals surface area contributed by atoms with E-state index in [1.54, 1.807) is 0 Å². The topological polar surface area (TPSA) is 56.8 Å². The number of rotatable bonds is 8. The van der Waals surface area contributed by atoms with Crippen LogP contribution < -0.4 is 5.32 Å². The smallest absolute Gasteiger partial charge is 0.117 e. The van der Waals surface area contributed by atoms with Gasteiger partial charge in [-0.25, -0.2) is 0 Å². The molecule has 1 heterocycles. The number of likely N-dealkylation sites (N-methyl/N-ethyl adjacent to an activating group) is 1. The molecule has 0 saturated heterocycles. The summed E-state index contributed by atoms with van der Waals surface area (Å²) in [5.41, 5.74) is 2.99. The fourth-order valence-corrected chi connectivity index (χ4v) is 2.20. The predicted molar refractivity (Wildman–Crippen MR) is 85.9 cm³/mol. The molecule has 1 aromatic heterocycles. The summed E-state index contributed by atoms with van der Waals surface area (Å²) in [5.74, 6) is 0. The molecule has 1 aromatic carbocycles. The van der Waals surface area contributed by atoms with Gasteiger partial charge in [-0.2, -0.15) is 15.4 Å². The maximum absolute atomic E-state index is 4.26. The number of nitrogens with zero attached hydrogens (tertiary/aromatic N) is 3. The Labute approximate surface area is 126 Å². The molecule has 0 aliphatic heterocycles. The molecule has 2 aromatic rings. The van der Waals surface area contributed by atoms with E-state index in [1.807, 2.05) is 18.2 Å². The van der Waals surface area contributed by atoms with Gasteiger partial charge >= 0.3 is 0 Å². The molecule has 21 heavy (non-hydrogen) atoms. The number of nitrogens with one attached hydrogen (secondary N) is 2. The number of aromatic nitrogens is 3. The van der Waals surface area contributed by atoms with E-state index in [1.165, 1.54) is 6.42 Å². The Bertz CT molecular complexity index is 522. The summed E-state index contributed by atoms with van der Waals surface area (Å²) in [4.78, 5) is 2.37. The minimum absolute atomic E-state index is 0.624. The number of hydrogen-bond donors (Lipinski definition) is 2. The molecule has 0 radical (unpaired) electrons. The highest BCUT2D eigenvalue weighted by atomic mass is 15.3. The molecule has 114 valence electrons. The van der Waals surface area contributed by atoms with Crippen LogP contribution in [0.25, 0.3) is 11.3 Å². The Hall–Kier alpha value is -1.72. The van der Waals surface area contributed by atoms with E-state index in [-0.39, 0.29) is 0 Å². The van der Waals surface area contributed by atoms with Crippen LogP contribution in [0.5, 0.6) is 0 Å². The normalized spacial score (nSPS) is 12.8. The van der Waals surface area contributed by atoms with Crippen molar-refractivity contribution in [2.75, 3.05) is 20.1 Å². The summed E-state index contributed by atoms with van der Waals surface area (Å²) < 4.78 is 0. The molecular weight excluding hydrogens is 262 g/mol. The average Bonchev–Trinajstić information content (AvgIpc) is 2.99. The van der Waals surface area contributed by atoms with Gasteiger partial charge in [0.2, 0.25) is 0 Å². The van der Waals surface area contributed by atoms with E-state index in [0.717, 1.165) is 36.6 Å². The van der Waals surface area contributed by atoms with Gasteiger partial charge in [0.15, 0.2) is 0 Å². The summed E-state index contributed by atoms with van der Waals surface area (Å²) in [6.45, 7) is 7.19. The van der Waals surface area contributed by atoms with Crippen LogP contribution in [0.15, 0.2) is 30.3 Å². The first kappa shape index (κ1) is 15.7. The second-order valence-corrected chi connectivity index (χ2v) is 5.40. The first-order valence-electron chi connectivity index (χ1n) is 7.58. The van der Waals surface area contributed by atoms with Crippen LogP contribution in [0.1, 0.15) is 26.0 Å². The summed E-state index contributed by atoms with van der Waals surface area (Å²) in [5, 5.41) is 14.7. The quantitative estimate of drug-likeness (QED) is 0.731. The van der Waals surface area contributed by atoms with Crippen molar-refractivity contribution in [2.24, 2.45) is 0 Å². The minimum atomic E-state index is 0.624. The van der Waals surface area contributed by atoms with Gasteiger partial charge in [-0.05, 0) is 20.4 Å². The van der Waals surface area contributed by atoms with Crippen molar-refractivity contribution in [3.8, 4) is 11.3 Å². The van der Waals surface area contributed by atoms with Crippen molar-refractivity contribution in [2.45, 2.75) is 32.9 Å². The van der Waals surface area contributed by atoms with Crippen LogP contribution in [-0.2, 0) is 6.54 Å². The summed E-state index contributed by atoms with van der Waals surface area (Å²) >= 11 is 0. The van der Waals surface area contributed by atoms with E-state index in [4.69, 9.17) is 0 Å². The Morgan fingerprint density at radius 2 is 2.00 bits per heavy atom. The van der Waals surface area contributed by atoms with E-state index < -0.39 is 0 Å². The highest BCUT2D eigenvalue weighted by molar-refractivity contribution is 5.60. The average molecular weight is 287 g/mol. The minimum Gasteiger partial charge on any atom is -0.310 e. The zero-order chi connectivity index (χ0) is 15.1. The largest absolute Gasteiger partial charge is 0.310 e. The van der Waals surface area contributed by atoms with Gasteiger partial charge < -0.3 is 10.2 Å². The molecule has 2 N–H and O–H groups in total. The Morgan fingerprint density at radius 1 is 1.24 bits per heavy atom. The van der Waals surface area contributed by atoms with Crippen LogP contribution in [0.4, 0.5) is 0 Å². The third-order valence-electron chi connectivity index (χ3n) is 3.94. The van der Waals surface area contributed by atoms with Crippen molar-refractivity contribution in [3.63, 3.8) is 0 Å². The molecule has 0 fully saturated rings. The Morgan fingerprint density at radius 3 is 2.71 bits per heavy atom. The molecule has 0 aliphatic carbocycles. The molecule has 0 saturated carbocycles. The van der Waals surface area contributed by atoms with Crippen molar-refractivity contribution < 1.29 is 0 Å². The van der Waals surface area contributed by atoms with Gasteiger partial charge in [-0.3, -0.25) is 0 Å². The molecule has 0 bridgehead atoms. The van der Waals surface area contributed by atoms with Crippen LogP contribution >= 0.6 is 0 Å². The second-order valence-electron chi connectivity index (χ2n) is 5.40. The molecule has 1 atom stereocenters. The van der Waals surface area contributed by atoms with Gasteiger partial charge in [0.05, 0.1) is 0 Å². The molecule has 0 aliphatic rings. The van der Waals surface area contributed by atoms with Crippen molar-refractivity contribution in [1.82, 2.24) is 25.6 Å². The lowest BCUT2D eigenvalue weighted by Crippen LogP contribution is -2.34. The lowest BCUT2D eigenvalue weighted by molar-refractivity contribution is 0.251. The van der Waals surface area contributed by atoms with E-state index in [0.29, 0.717) is 6.04 Å². The highest BCUT2D eigenvalue weighted by Gasteiger charge is 2.10. The Balaban J connectivity index is 1.84. The molecule has 5 nitrogen and oxygen atoms in total. The third-order valence-corrected chi connectivity index (χ3v) is 3.94. The number of hydrogen-bond acceptors (Lipinski definition) is 4. The first-order chi connectivity index (χ1) is 10.2. The van der Waals surface area contributed by atoms with Crippen molar-refractivity contribution in [3.05, 3.63) is 36.0 Å². The van der Waals surface area contributed by atoms with Crippen molar-refractivity contribution in [1.29, 1.82) is 0 Å². The number of benzene rings is 1. The predicted octanol–water partition coefficient (Wildman–Crippen LogP) is 2.29. The first-order valence-corrected chi connectivity index (χ1v) is 7.58. The van der Waals surface area contributed by atoms with Gasteiger partial charge in [0.1, 0.15) is 11.4 Å². The lowest BCUT2D eigenvalue weighted by Gasteiger charge is -2.23. The second kappa shape index (κ2) is 7.90. The van der Waals surface area contributed by atoms with Crippen LogP contribution in [-0.4, -0.2) is 46.5 Å². The van der Waals surface area contributed by atoms with Crippen LogP contribution in [0, 0.1) is 0 Å². The van der Waals surface area contributed by atoms with Gasteiger partial charge in [-0.15, -0.1) is 0 Å². The summed E-state index contributed by atoms with van der Waals surface area (Å²) in [6, 6.07) is 10.8. The molecule has 0 amide bonds. The fraction of sp³-hybridized carbons (Fsp3) is 0.500. The molecule has 2 rings (SSSR count). The lowest BCUT2D eigenvalue weighted by atomic mass is 10.1. The molecular formula is C16H25N5. The fourth-order valence-electron chi connectivity index (χ4n) is 2.20. The number of aromatic amines is 1. The van der Waals surface area contributed by atoms with Crippen molar-refractivity contribution >= 4 is 0 Å². The van der Waals surface area contributed by atoms with Gasteiger partial charge in [0, 0.05) is 31.2 Å².